The minimum atomic E-state index is -0.312. The maximum absolute atomic E-state index is 12.8. The molecule has 90 valence electrons. The number of hydrogen-bond acceptors (Lipinski definition) is 2. The van der Waals surface area contributed by atoms with Crippen LogP contribution in [0.2, 0.25) is 5.02 Å². The van der Waals surface area contributed by atoms with Crippen LogP contribution >= 0.6 is 11.6 Å². The van der Waals surface area contributed by atoms with Crippen molar-refractivity contribution in [3.05, 3.63) is 34.6 Å². The summed E-state index contributed by atoms with van der Waals surface area (Å²) in [6.07, 6.45) is 0. The lowest BCUT2D eigenvalue weighted by Crippen LogP contribution is -2.39. The van der Waals surface area contributed by atoms with E-state index in [0.717, 1.165) is 5.56 Å². The predicted octanol–water partition coefficient (Wildman–Crippen LogP) is 2.55. The monoisotopic (exact) mass is 244 g/mol. The summed E-state index contributed by atoms with van der Waals surface area (Å²) in [6, 6.07) is 4.68. The molecule has 0 fully saturated rings. The van der Waals surface area contributed by atoms with Gasteiger partial charge in [0.15, 0.2) is 0 Å². The van der Waals surface area contributed by atoms with Crippen molar-refractivity contribution in [1.29, 1.82) is 0 Å². The maximum atomic E-state index is 12.8. The van der Waals surface area contributed by atoms with Crippen LogP contribution in [-0.2, 0) is 6.54 Å². The summed E-state index contributed by atoms with van der Waals surface area (Å²) >= 11 is 5.92. The molecule has 16 heavy (non-hydrogen) atoms. The first-order valence-electron chi connectivity index (χ1n) is 5.42. The Kier molecular flexibility index (Phi) is 5.19. The fourth-order valence-electron chi connectivity index (χ4n) is 1.50. The number of nitrogens with two attached hydrogens (primary N) is 1. The van der Waals surface area contributed by atoms with E-state index in [9.17, 15) is 4.39 Å². The van der Waals surface area contributed by atoms with Gasteiger partial charge in [-0.15, -0.1) is 0 Å². The van der Waals surface area contributed by atoms with Crippen molar-refractivity contribution in [2.24, 2.45) is 11.7 Å². The molecule has 0 bridgehead atoms. The summed E-state index contributed by atoms with van der Waals surface area (Å²) < 4.78 is 12.8. The molecule has 0 aliphatic rings. The molecule has 0 aliphatic carbocycles. The number of rotatable bonds is 5. The van der Waals surface area contributed by atoms with Gasteiger partial charge in [0.2, 0.25) is 0 Å². The first-order chi connectivity index (χ1) is 7.54. The smallest absolute Gasteiger partial charge is 0.124 e. The number of nitrogens with one attached hydrogen (secondary N) is 1. The van der Waals surface area contributed by atoms with Crippen molar-refractivity contribution in [2.45, 2.75) is 26.4 Å². The zero-order chi connectivity index (χ0) is 12.1. The van der Waals surface area contributed by atoms with E-state index in [1.54, 1.807) is 6.07 Å². The van der Waals surface area contributed by atoms with Crippen molar-refractivity contribution in [3.63, 3.8) is 0 Å². The van der Waals surface area contributed by atoms with Crippen LogP contribution in [0.1, 0.15) is 19.4 Å². The average Bonchev–Trinajstić information content (AvgIpc) is 2.21. The van der Waals surface area contributed by atoms with Crippen LogP contribution in [0.25, 0.3) is 0 Å². The molecule has 1 unspecified atom stereocenters. The molecular weight excluding hydrogens is 227 g/mol. The second kappa shape index (κ2) is 6.18. The van der Waals surface area contributed by atoms with E-state index >= 15 is 0 Å². The summed E-state index contributed by atoms with van der Waals surface area (Å²) in [6.45, 7) is 5.41. The van der Waals surface area contributed by atoms with Gasteiger partial charge < -0.3 is 11.1 Å². The van der Waals surface area contributed by atoms with Gasteiger partial charge in [-0.3, -0.25) is 0 Å². The van der Waals surface area contributed by atoms with Crippen molar-refractivity contribution in [3.8, 4) is 0 Å². The van der Waals surface area contributed by atoms with Gasteiger partial charge >= 0.3 is 0 Å². The third-order valence-corrected chi connectivity index (χ3v) is 2.98. The molecule has 4 heteroatoms. The second-order valence-electron chi connectivity index (χ2n) is 4.20. The Morgan fingerprint density at radius 2 is 2.12 bits per heavy atom. The summed E-state index contributed by atoms with van der Waals surface area (Å²) in [5.74, 6) is 0.150. The summed E-state index contributed by atoms with van der Waals surface area (Å²) in [5.41, 5.74) is 6.54. The number of benzene rings is 1. The zero-order valence-corrected chi connectivity index (χ0v) is 10.4. The molecule has 3 N–H and O–H groups in total. The molecule has 0 radical (unpaired) electrons. The lowest BCUT2D eigenvalue weighted by Gasteiger charge is -2.20. The first kappa shape index (κ1) is 13.4. The highest BCUT2D eigenvalue weighted by Gasteiger charge is 2.11. The van der Waals surface area contributed by atoms with E-state index in [1.807, 2.05) is 0 Å². The standard InChI is InChI=1S/C12H18ClFN2/c1-8(2)12(6-15)16-7-9-3-4-10(14)5-11(9)13/h3-5,8,12,16H,6-7,15H2,1-2H3. The largest absolute Gasteiger partial charge is 0.329 e. The minimum absolute atomic E-state index is 0.251. The van der Waals surface area contributed by atoms with Gasteiger partial charge in [0.25, 0.3) is 0 Å². The van der Waals surface area contributed by atoms with Gasteiger partial charge in [-0.1, -0.05) is 31.5 Å². The Labute approximate surface area is 101 Å². The summed E-state index contributed by atoms with van der Waals surface area (Å²) in [7, 11) is 0. The third-order valence-electron chi connectivity index (χ3n) is 2.63. The molecule has 2 nitrogen and oxygen atoms in total. The summed E-state index contributed by atoms with van der Waals surface area (Å²) in [5, 5.41) is 3.76. The first-order valence-corrected chi connectivity index (χ1v) is 5.79. The highest BCUT2D eigenvalue weighted by molar-refractivity contribution is 6.31. The van der Waals surface area contributed by atoms with E-state index < -0.39 is 0 Å². The summed E-state index contributed by atoms with van der Waals surface area (Å²) in [4.78, 5) is 0. The van der Waals surface area contributed by atoms with E-state index in [-0.39, 0.29) is 11.9 Å². The predicted molar refractivity (Wildman–Crippen MR) is 65.9 cm³/mol. The van der Waals surface area contributed by atoms with Crippen LogP contribution in [0.5, 0.6) is 0 Å². The van der Waals surface area contributed by atoms with Crippen LogP contribution in [-0.4, -0.2) is 12.6 Å². The van der Waals surface area contributed by atoms with E-state index in [1.165, 1.54) is 12.1 Å². The van der Waals surface area contributed by atoms with Crippen LogP contribution in [0, 0.1) is 11.7 Å². The molecular formula is C12H18ClFN2. The molecule has 0 saturated heterocycles. The number of hydrogen-bond donors (Lipinski definition) is 2. The highest BCUT2D eigenvalue weighted by atomic mass is 35.5. The molecule has 1 aromatic carbocycles. The number of halogens is 2. The van der Waals surface area contributed by atoms with Crippen LogP contribution in [0.15, 0.2) is 18.2 Å². The normalized spacial score (nSPS) is 13.1. The molecule has 1 rings (SSSR count). The van der Waals surface area contributed by atoms with Crippen LogP contribution < -0.4 is 11.1 Å². The Morgan fingerprint density at radius 3 is 2.62 bits per heavy atom. The minimum Gasteiger partial charge on any atom is -0.329 e. The lowest BCUT2D eigenvalue weighted by atomic mass is 10.0. The molecule has 0 spiro atoms. The topological polar surface area (TPSA) is 38.0 Å². The Morgan fingerprint density at radius 1 is 1.44 bits per heavy atom. The average molecular weight is 245 g/mol. The van der Waals surface area contributed by atoms with Gasteiger partial charge in [0, 0.05) is 24.2 Å². The zero-order valence-electron chi connectivity index (χ0n) is 9.63. The SMILES string of the molecule is CC(C)C(CN)NCc1ccc(F)cc1Cl. The van der Waals surface area contributed by atoms with Gasteiger partial charge in [0.05, 0.1) is 0 Å². The van der Waals surface area contributed by atoms with Crippen molar-refractivity contribution < 1.29 is 4.39 Å². The van der Waals surface area contributed by atoms with Gasteiger partial charge in [-0.2, -0.15) is 0 Å². The second-order valence-corrected chi connectivity index (χ2v) is 4.61. The van der Waals surface area contributed by atoms with Crippen LogP contribution in [0.4, 0.5) is 4.39 Å². The molecule has 0 amide bonds. The maximum Gasteiger partial charge on any atom is 0.124 e. The highest BCUT2D eigenvalue weighted by Crippen LogP contribution is 2.17. The van der Waals surface area contributed by atoms with E-state index in [2.05, 4.69) is 19.2 Å². The molecule has 0 aromatic heterocycles. The Bertz CT molecular complexity index is 342. The van der Waals surface area contributed by atoms with E-state index in [4.69, 9.17) is 17.3 Å². The molecule has 1 aromatic rings. The van der Waals surface area contributed by atoms with Crippen molar-refractivity contribution in [1.82, 2.24) is 5.32 Å². The molecule has 0 saturated carbocycles. The van der Waals surface area contributed by atoms with Gasteiger partial charge in [-0.25, -0.2) is 4.39 Å². The van der Waals surface area contributed by atoms with Gasteiger partial charge in [-0.05, 0) is 23.6 Å². The van der Waals surface area contributed by atoms with Crippen LogP contribution in [0.3, 0.4) is 0 Å². The van der Waals surface area contributed by atoms with Crippen molar-refractivity contribution >= 4 is 11.6 Å². The lowest BCUT2D eigenvalue weighted by molar-refractivity contribution is 0.405. The quantitative estimate of drug-likeness (QED) is 0.836. The Hall–Kier alpha value is -0.640. The fraction of sp³-hybridized carbons (Fsp3) is 0.500. The molecule has 1 atom stereocenters. The Balaban J connectivity index is 2.60. The van der Waals surface area contributed by atoms with Crippen molar-refractivity contribution in [2.75, 3.05) is 6.54 Å². The van der Waals surface area contributed by atoms with E-state index in [0.29, 0.717) is 24.0 Å². The third kappa shape index (κ3) is 3.74. The molecule has 0 heterocycles. The fourth-order valence-corrected chi connectivity index (χ4v) is 1.73. The molecule has 0 aliphatic heterocycles. The van der Waals surface area contributed by atoms with Gasteiger partial charge in [0.1, 0.15) is 5.82 Å².